The van der Waals surface area contributed by atoms with Gasteiger partial charge in [0.05, 0.1) is 32.3 Å². The minimum Gasteiger partial charge on any atom is -0.379 e. The number of morpholine rings is 1. The van der Waals surface area contributed by atoms with Crippen LogP contribution < -0.4 is 10.6 Å². The second-order valence-electron chi connectivity index (χ2n) is 7.57. The summed E-state index contributed by atoms with van der Waals surface area (Å²) in [6, 6.07) is 6.45. The largest absolute Gasteiger partial charge is 0.401 e. The highest BCUT2D eigenvalue weighted by Gasteiger charge is 2.28. The van der Waals surface area contributed by atoms with Crippen molar-refractivity contribution in [2.45, 2.75) is 25.6 Å². The van der Waals surface area contributed by atoms with Gasteiger partial charge in [0, 0.05) is 26.2 Å². The summed E-state index contributed by atoms with van der Waals surface area (Å²) in [6.45, 7) is 5.84. The van der Waals surface area contributed by atoms with E-state index in [4.69, 9.17) is 4.74 Å². The zero-order valence-corrected chi connectivity index (χ0v) is 21.0. The molecule has 0 bridgehead atoms. The average Bonchev–Trinajstić information content (AvgIpc) is 2.72. The van der Waals surface area contributed by atoms with Crippen molar-refractivity contribution in [3.05, 3.63) is 35.6 Å². The monoisotopic (exact) mass is 575 g/mol. The van der Waals surface area contributed by atoms with Gasteiger partial charge in [0.2, 0.25) is 0 Å². The van der Waals surface area contributed by atoms with Crippen LogP contribution in [0.5, 0.6) is 0 Å². The third-order valence-electron chi connectivity index (χ3n) is 4.97. The van der Waals surface area contributed by atoms with Gasteiger partial charge in [-0.15, -0.1) is 24.0 Å². The normalized spacial score (nSPS) is 16.5. The maximum atomic E-state index is 13.4. The number of guanidine groups is 1. The maximum Gasteiger partial charge on any atom is 0.401 e. The van der Waals surface area contributed by atoms with E-state index in [0.29, 0.717) is 51.8 Å². The Morgan fingerprint density at radius 1 is 1.19 bits per heavy atom. The van der Waals surface area contributed by atoms with Crippen molar-refractivity contribution >= 4 is 29.9 Å². The molecule has 11 heteroatoms. The van der Waals surface area contributed by atoms with Crippen molar-refractivity contribution in [1.82, 2.24) is 20.4 Å². The Bertz CT molecular complexity index is 669. The summed E-state index contributed by atoms with van der Waals surface area (Å²) >= 11 is 0. The third kappa shape index (κ3) is 11.1. The van der Waals surface area contributed by atoms with E-state index < -0.39 is 12.7 Å². The third-order valence-corrected chi connectivity index (χ3v) is 4.97. The lowest BCUT2D eigenvalue weighted by molar-refractivity contribution is -0.143. The molecule has 1 aromatic rings. The molecule has 0 aliphatic carbocycles. The molecule has 0 amide bonds. The fourth-order valence-corrected chi connectivity index (χ4v) is 3.47. The number of halogens is 5. The van der Waals surface area contributed by atoms with Crippen LogP contribution in [0.3, 0.4) is 0 Å². The molecule has 2 N–H and O–H groups in total. The molecule has 1 aromatic carbocycles. The summed E-state index contributed by atoms with van der Waals surface area (Å²) in [6.07, 6.45) is -3.63. The number of nitrogens with one attached hydrogen (secondary N) is 2. The predicted molar refractivity (Wildman–Crippen MR) is 129 cm³/mol. The Balaban J connectivity index is 0.00000512. The highest BCUT2D eigenvalue weighted by Crippen LogP contribution is 2.22. The summed E-state index contributed by atoms with van der Waals surface area (Å²) in [7, 11) is 1.46. The smallest absolute Gasteiger partial charge is 0.379 e. The molecule has 0 radical (unpaired) electrons. The van der Waals surface area contributed by atoms with Crippen molar-refractivity contribution in [3.8, 4) is 0 Å². The van der Waals surface area contributed by atoms with E-state index in [1.165, 1.54) is 24.1 Å². The number of ether oxygens (including phenoxy) is 1. The average molecular weight is 575 g/mol. The number of rotatable bonds is 10. The van der Waals surface area contributed by atoms with E-state index in [1.807, 2.05) is 6.92 Å². The Kier molecular flexibility index (Phi) is 13.4. The molecule has 6 nitrogen and oxygen atoms in total. The van der Waals surface area contributed by atoms with Gasteiger partial charge in [0.15, 0.2) is 5.96 Å². The summed E-state index contributed by atoms with van der Waals surface area (Å²) in [5.41, 5.74) is 0.983. The second kappa shape index (κ2) is 14.9. The molecule has 1 aliphatic rings. The van der Waals surface area contributed by atoms with Crippen LogP contribution in [-0.4, -0.2) is 88.0 Å². The first-order valence-electron chi connectivity index (χ1n) is 10.6. The quantitative estimate of drug-likeness (QED) is 0.148. The van der Waals surface area contributed by atoms with Crippen molar-refractivity contribution in [1.29, 1.82) is 0 Å². The Morgan fingerprint density at radius 3 is 2.44 bits per heavy atom. The van der Waals surface area contributed by atoms with Crippen molar-refractivity contribution in [2.24, 2.45) is 4.99 Å². The first-order chi connectivity index (χ1) is 14.8. The molecule has 1 atom stereocenters. The van der Waals surface area contributed by atoms with E-state index in [1.54, 1.807) is 12.1 Å². The Hall–Kier alpha value is -1.18. The molecule has 1 aliphatic heterocycles. The first-order valence-corrected chi connectivity index (χ1v) is 10.6. The van der Waals surface area contributed by atoms with E-state index in [0.717, 1.165) is 18.7 Å². The molecule has 0 spiro atoms. The highest BCUT2D eigenvalue weighted by molar-refractivity contribution is 14.0. The molecule has 0 aromatic heterocycles. The molecule has 1 unspecified atom stereocenters. The molecule has 1 saturated heterocycles. The predicted octanol–water partition coefficient (Wildman–Crippen LogP) is 3.26. The molecule has 1 heterocycles. The number of nitrogens with zero attached hydrogens (tertiary/aromatic N) is 3. The fourth-order valence-electron chi connectivity index (χ4n) is 3.47. The van der Waals surface area contributed by atoms with Crippen LogP contribution in [-0.2, 0) is 4.74 Å². The van der Waals surface area contributed by atoms with Crippen LogP contribution in [0.4, 0.5) is 17.6 Å². The lowest BCUT2D eigenvalue weighted by atomic mass is 10.0. The molecule has 32 heavy (non-hydrogen) atoms. The van der Waals surface area contributed by atoms with Crippen LogP contribution in [0.1, 0.15) is 24.9 Å². The maximum absolute atomic E-state index is 13.4. The first kappa shape index (κ1) is 28.9. The van der Waals surface area contributed by atoms with Gasteiger partial charge in [-0.1, -0.05) is 12.1 Å². The lowest BCUT2D eigenvalue weighted by Crippen LogP contribution is -2.42. The molecular formula is C21H34F4IN5O. The van der Waals surface area contributed by atoms with Gasteiger partial charge in [0.1, 0.15) is 5.82 Å². The highest BCUT2D eigenvalue weighted by atomic mass is 127. The molecule has 0 saturated carbocycles. The van der Waals surface area contributed by atoms with Gasteiger partial charge < -0.3 is 15.4 Å². The number of hydrogen-bond donors (Lipinski definition) is 2. The number of alkyl halides is 3. The summed E-state index contributed by atoms with van der Waals surface area (Å²) < 4.78 is 56.1. The van der Waals surface area contributed by atoms with Crippen molar-refractivity contribution in [2.75, 3.05) is 66.1 Å². The van der Waals surface area contributed by atoms with E-state index in [2.05, 4.69) is 20.5 Å². The topological polar surface area (TPSA) is 52.1 Å². The van der Waals surface area contributed by atoms with Crippen LogP contribution in [0.25, 0.3) is 0 Å². The molecule has 184 valence electrons. The van der Waals surface area contributed by atoms with Crippen molar-refractivity contribution in [3.63, 3.8) is 0 Å². The van der Waals surface area contributed by atoms with Crippen LogP contribution in [0.15, 0.2) is 29.3 Å². The summed E-state index contributed by atoms with van der Waals surface area (Å²) in [5, 5.41) is 6.36. The fraction of sp³-hybridized carbons (Fsp3) is 0.667. The molecule has 1 fully saturated rings. The van der Waals surface area contributed by atoms with Gasteiger partial charge in [-0.2, -0.15) is 13.2 Å². The number of hydrogen-bond acceptors (Lipinski definition) is 4. The van der Waals surface area contributed by atoms with Crippen LogP contribution >= 0.6 is 24.0 Å². The summed E-state index contributed by atoms with van der Waals surface area (Å²) in [5.74, 6) is 0.333. The standard InChI is InChI=1S/C21H33F4N5O.HI/c1-3-26-20(27-9-4-10-29(2)16-21(23,24)25)28-15-19(30-11-13-31-14-12-30)17-5-7-18(22)8-6-17;/h5-8,19H,3-4,9-16H2,1-2H3,(H2,26,27,28);1H. The van der Waals surface area contributed by atoms with Crippen molar-refractivity contribution < 1.29 is 22.3 Å². The minimum atomic E-state index is -4.19. The van der Waals surface area contributed by atoms with Crippen LogP contribution in [0.2, 0.25) is 0 Å². The van der Waals surface area contributed by atoms with Gasteiger partial charge in [-0.05, 0) is 44.6 Å². The Labute approximate surface area is 204 Å². The van der Waals surface area contributed by atoms with E-state index >= 15 is 0 Å². The SMILES string of the molecule is CCNC(=NCC(c1ccc(F)cc1)N1CCOCC1)NCCCN(C)CC(F)(F)F.I. The molecular weight excluding hydrogens is 541 g/mol. The second-order valence-corrected chi connectivity index (χ2v) is 7.57. The number of benzene rings is 1. The zero-order chi connectivity index (χ0) is 22.7. The van der Waals surface area contributed by atoms with Crippen LogP contribution in [0, 0.1) is 5.82 Å². The molecule has 2 rings (SSSR count). The van der Waals surface area contributed by atoms with Gasteiger partial charge >= 0.3 is 6.18 Å². The minimum absolute atomic E-state index is 0. The van der Waals surface area contributed by atoms with Gasteiger partial charge in [0.25, 0.3) is 0 Å². The van der Waals surface area contributed by atoms with Gasteiger partial charge in [-0.3, -0.25) is 14.8 Å². The van der Waals surface area contributed by atoms with E-state index in [-0.39, 0.29) is 35.8 Å². The lowest BCUT2D eigenvalue weighted by Gasteiger charge is -2.34. The van der Waals surface area contributed by atoms with E-state index in [9.17, 15) is 17.6 Å². The zero-order valence-electron chi connectivity index (χ0n) is 18.6. The number of aliphatic imine (C=N–C) groups is 1. The van der Waals surface area contributed by atoms with Gasteiger partial charge in [-0.25, -0.2) is 4.39 Å². The Morgan fingerprint density at radius 2 is 1.84 bits per heavy atom. The summed E-state index contributed by atoms with van der Waals surface area (Å²) in [4.78, 5) is 8.22.